The van der Waals surface area contributed by atoms with E-state index in [2.05, 4.69) is 32.7 Å². The largest absolute Gasteiger partial charge is 0.487 e. The molecule has 1 unspecified atom stereocenters. The standard InChI is InChI=1S/C24H27N3O2S2/c1-18-26-20(17-31-18)16-29-21-7-4-6-19(14-21)9-10-24(28)25-15-22(23-8-5-13-30-23)27-11-2-3-12-27/h4-10,13-14,17,22H,2-3,11-12,15-16H2,1H3,(H,25,28)/b10-9+. The number of nitrogens with one attached hydrogen (secondary N) is 1. The summed E-state index contributed by atoms with van der Waals surface area (Å²) in [4.78, 5) is 20.6. The van der Waals surface area contributed by atoms with Gasteiger partial charge >= 0.3 is 0 Å². The first-order valence-corrected chi connectivity index (χ1v) is 12.3. The molecule has 2 aromatic heterocycles. The first-order chi connectivity index (χ1) is 15.2. The van der Waals surface area contributed by atoms with E-state index in [9.17, 15) is 4.79 Å². The lowest BCUT2D eigenvalue weighted by Gasteiger charge is -2.26. The molecule has 1 aliphatic heterocycles. The number of rotatable bonds is 9. The second-order valence-electron chi connectivity index (χ2n) is 7.57. The number of thiophene rings is 1. The van der Waals surface area contributed by atoms with Gasteiger partial charge in [0.15, 0.2) is 0 Å². The van der Waals surface area contributed by atoms with Crippen LogP contribution in [0.2, 0.25) is 0 Å². The zero-order valence-electron chi connectivity index (χ0n) is 17.6. The number of aryl methyl sites for hydroxylation is 1. The third kappa shape index (κ3) is 6.26. The fourth-order valence-corrected chi connectivity index (χ4v) is 5.17. The lowest BCUT2D eigenvalue weighted by molar-refractivity contribution is -0.116. The van der Waals surface area contributed by atoms with E-state index in [0.717, 1.165) is 35.1 Å². The number of benzene rings is 1. The van der Waals surface area contributed by atoms with Crippen LogP contribution in [0.15, 0.2) is 53.2 Å². The van der Waals surface area contributed by atoms with Crippen LogP contribution in [0.3, 0.4) is 0 Å². The Morgan fingerprint density at radius 3 is 2.87 bits per heavy atom. The Kier molecular flexibility index (Phi) is 7.51. The first kappa shape index (κ1) is 21.7. The molecule has 162 valence electrons. The summed E-state index contributed by atoms with van der Waals surface area (Å²) in [5, 5.41) is 8.23. The van der Waals surface area contributed by atoms with E-state index in [1.807, 2.05) is 42.6 Å². The maximum Gasteiger partial charge on any atom is 0.244 e. The van der Waals surface area contributed by atoms with Gasteiger partial charge in [0.25, 0.3) is 0 Å². The van der Waals surface area contributed by atoms with Crippen LogP contribution < -0.4 is 10.1 Å². The van der Waals surface area contributed by atoms with Gasteiger partial charge in [-0.1, -0.05) is 18.2 Å². The molecule has 1 N–H and O–H groups in total. The smallest absolute Gasteiger partial charge is 0.244 e. The highest BCUT2D eigenvalue weighted by molar-refractivity contribution is 7.10. The molecule has 0 radical (unpaired) electrons. The number of nitrogens with zero attached hydrogens (tertiary/aromatic N) is 2. The molecular formula is C24H27N3O2S2. The van der Waals surface area contributed by atoms with Crippen molar-refractivity contribution < 1.29 is 9.53 Å². The molecule has 0 spiro atoms. The van der Waals surface area contributed by atoms with Crippen LogP contribution in [-0.2, 0) is 11.4 Å². The molecule has 1 aromatic carbocycles. The molecular weight excluding hydrogens is 426 g/mol. The fraction of sp³-hybridized carbons (Fsp3) is 0.333. The van der Waals surface area contributed by atoms with E-state index in [1.165, 1.54) is 17.7 Å². The first-order valence-electron chi connectivity index (χ1n) is 10.5. The Hall–Kier alpha value is -2.48. The number of aromatic nitrogens is 1. The summed E-state index contributed by atoms with van der Waals surface area (Å²) >= 11 is 3.38. The summed E-state index contributed by atoms with van der Waals surface area (Å²) < 4.78 is 5.84. The number of carbonyl (C=O) groups is 1. The van der Waals surface area contributed by atoms with Gasteiger partial charge in [0, 0.05) is 22.9 Å². The molecule has 1 atom stereocenters. The van der Waals surface area contributed by atoms with Crippen molar-refractivity contribution in [2.24, 2.45) is 0 Å². The summed E-state index contributed by atoms with van der Waals surface area (Å²) in [5.41, 5.74) is 1.86. The van der Waals surface area contributed by atoms with Crippen LogP contribution in [0, 0.1) is 6.92 Å². The minimum absolute atomic E-state index is 0.0787. The summed E-state index contributed by atoms with van der Waals surface area (Å²) in [5.74, 6) is 0.685. The van der Waals surface area contributed by atoms with Crippen LogP contribution in [0.4, 0.5) is 0 Å². The lowest BCUT2D eigenvalue weighted by atomic mass is 10.2. The van der Waals surface area contributed by atoms with E-state index in [1.54, 1.807) is 28.7 Å². The van der Waals surface area contributed by atoms with Crippen LogP contribution in [0.25, 0.3) is 6.08 Å². The van der Waals surface area contributed by atoms with Crippen molar-refractivity contribution in [2.75, 3.05) is 19.6 Å². The molecule has 1 fully saturated rings. The molecule has 7 heteroatoms. The average Bonchev–Trinajstić information content (AvgIpc) is 3.55. The molecule has 1 amide bonds. The fourth-order valence-electron chi connectivity index (χ4n) is 3.71. The number of ether oxygens (including phenoxy) is 1. The zero-order chi connectivity index (χ0) is 21.5. The predicted molar refractivity (Wildman–Crippen MR) is 128 cm³/mol. The summed E-state index contributed by atoms with van der Waals surface area (Å²) in [6.45, 7) is 5.25. The SMILES string of the molecule is Cc1nc(COc2cccc(/C=C/C(=O)NCC(c3cccs3)N3CCCC3)c2)cs1. The number of hydrogen-bond acceptors (Lipinski definition) is 6. The number of hydrogen-bond donors (Lipinski definition) is 1. The molecule has 0 aliphatic carbocycles. The van der Waals surface area contributed by atoms with E-state index in [-0.39, 0.29) is 11.9 Å². The lowest BCUT2D eigenvalue weighted by Crippen LogP contribution is -2.35. The summed E-state index contributed by atoms with van der Waals surface area (Å²) in [6.07, 6.45) is 5.88. The minimum atomic E-state index is -0.0787. The van der Waals surface area contributed by atoms with Gasteiger partial charge in [0.2, 0.25) is 5.91 Å². The molecule has 0 saturated carbocycles. The Labute approximate surface area is 191 Å². The van der Waals surface area contributed by atoms with Crippen LogP contribution in [0.1, 0.15) is 40.0 Å². The Morgan fingerprint density at radius 2 is 2.13 bits per heavy atom. The van der Waals surface area contributed by atoms with Crippen molar-refractivity contribution in [1.82, 2.24) is 15.2 Å². The molecule has 5 nitrogen and oxygen atoms in total. The second-order valence-corrected chi connectivity index (χ2v) is 9.61. The maximum absolute atomic E-state index is 12.5. The monoisotopic (exact) mass is 453 g/mol. The van der Waals surface area contributed by atoms with Gasteiger partial charge in [-0.15, -0.1) is 22.7 Å². The van der Waals surface area contributed by atoms with Gasteiger partial charge in [-0.25, -0.2) is 4.98 Å². The number of likely N-dealkylation sites (tertiary alicyclic amines) is 1. The van der Waals surface area contributed by atoms with Crippen molar-refractivity contribution in [1.29, 1.82) is 0 Å². The maximum atomic E-state index is 12.5. The molecule has 4 rings (SSSR count). The summed E-state index contributed by atoms with van der Waals surface area (Å²) in [6, 6.07) is 12.2. The van der Waals surface area contributed by atoms with Gasteiger partial charge in [0.05, 0.1) is 16.7 Å². The molecule has 3 heterocycles. The minimum Gasteiger partial charge on any atom is -0.487 e. The zero-order valence-corrected chi connectivity index (χ0v) is 19.3. The van der Waals surface area contributed by atoms with Crippen molar-refractivity contribution in [2.45, 2.75) is 32.4 Å². The van der Waals surface area contributed by atoms with Crippen LogP contribution in [0.5, 0.6) is 5.75 Å². The van der Waals surface area contributed by atoms with Gasteiger partial charge in [-0.3, -0.25) is 9.69 Å². The normalized spacial score (nSPS) is 15.4. The van der Waals surface area contributed by atoms with Gasteiger partial charge in [-0.05, 0) is 68.1 Å². The Morgan fingerprint density at radius 1 is 1.26 bits per heavy atom. The highest BCUT2D eigenvalue weighted by Crippen LogP contribution is 2.27. The predicted octanol–water partition coefficient (Wildman–Crippen LogP) is 5.06. The van der Waals surface area contributed by atoms with Crippen molar-refractivity contribution >= 4 is 34.7 Å². The topological polar surface area (TPSA) is 54.5 Å². The molecule has 1 aliphatic rings. The summed E-state index contributed by atoms with van der Waals surface area (Å²) in [7, 11) is 0. The number of carbonyl (C=O) groups excluding carboxylic acids is 1. The number of thiazole rings is 1. The van der Waals surface area contributed by atoms with E-state index < -0.39 is 0 Å². The third-order valence-electron chi connectivity index (χ3n) is 5.26. The third-order valence-corrected chi connectivity index (χ3v) is 7.06. The van der Waals surface area contributed by atoms with E-state index >= 15 is 0 Å². The van der Waals surface area contributed by atoms with Crippen LogP contribution >= 0.6 is 22.7 Å². The van der Waals surface area contributed by atoms with Crippen molar-refractivity contribution in [3.05, 3.63) is 74.4 Å². The van der Waals surface area contributed by atoms with Gasteiger partial charge in [-0.2, -0.15) is 0 Å². The number of amides is 1. The van der Waals surface area contributed by atoms with E-state index in [4.69, 9.17) is 4.74 Å². The highest BCUT2D eigenvalue weighted by Gasteiger charge is 2.24. The van der Waals surface area contributed by atoms with Gasteiger partial charge < -0.3 is 10.1 Å². The quantitative estimate of drug-likeness (QED) is 0.460. The van der Waals surface area contributed by atoms with Crippen molar-refractivity contribution in [3.8, 4) is 5.75 Å². The Balaban J connectivity index is 1.31. The van der Waals surface area contributed by atoms with Crippen molar-refractivity contribution in [3.63, 3.8) is 0 Å². The molecule has 3 aromatic rings. The molecule has 0 bridgehead atoms. The molecule has 1 saturated heterocycles. The highest BCUT2D eigenvalue weighted by atomic mass is 32.1. The Bertz CT molecular complexity index is 1010. The van der Waals surface area contributed by atoms with E-state index in [0.29, 0.717) is 13.2 Å². The second kappa shape index (κ2) is 10.7. The average molecular weight is 454 g/mol. The van der Waals surface area contributed by atoms with Crippen LogP contribution in [-0.4, -0.2) is 35.4 Å². The molecule has 31 heavy (non-hydrogen) atoms. The van der Waals surface area contributed by atoms with Gasteiger partial charge in [0.1, 0.15) is 12.4 Å².